The summed E-state index contributed by atoms with van der Waals surface area (Å²) >= 11 is 1.91. The van der Waals surface area contributed by atoms with Crippen molar-refractivity contribution in [2.75, 3.05) is 7.11 Å². The number of methoxy groups -OCH3 is 1. The molecule has 0 spiro atoms. The molecule has 1 aromatic heterocycles. The average molecular weight is 512 g/mol. The van der Waals surface area contributed by atoms with Crippen molar-refractivity contribution in [3.63, 3.8) is 0 Å². The Morgan fingerprint density at radius 1 is 0.838 bits per heavy atom. The highest BCUT2D eigenvalue weighted by atomic mass is 32.1. The van der Waals surface area contributed by atoms with E-state index in [1.165, 1.54) is 46.2 Å². The third-order valence-electron chi connectivity index (χ3n) is 7.19. The minimum absolute atomic E-state index is 0.721. The highest BCUT2D eigenvalue weighted by Crippen LogP contribution is 2.25. The fraction of sp³-hybridized carbons (Fsp3) is 0.312. The van der Waals surface area contributed by atoms with Gasteiger partial charge in [-0.2, -0.15) is 0 Å². The molecular formula is C32H37N3OS. The number of allylic oxidation sites excluding steroid dienone is 3. The van der Waals surface area contributed by atoms with Crippen molar-refractivity contribution in [3.8, 4) is 5.75 Å². The van der Waals surface area contributed by atoms with Crippen molar-refractivity contribution < 1.29 is 4.74 Å². The molecule has 0 bridgehead atoms. The van der Waals surface area contributed by atoms with Crippen LogP contribution in [0.3, 0.4) is 0 Å². The predicted molar refractivity (Wildman–Crippen MR) is 155 cm³/mol. The summed E-state index contributed by atoms with van der Waals surface area (Å²) in [6.45, 7) is 1.49. The third kappa shape index (κ3) is 6.47. The largest absolute Gasteiger partial charge is 0.497 e. The summed E-state index contributed by atoms with van der Waals surface area (Å²) in [6.07, 6.45) is 12.9. The van der Waals surface area contributed by atoms with Gasteiger partial charge in [0.1, 0.15) is 5.75 Å². The van der Waals surface area contributed by atoms with E-state index in [0.29, 0.717) is 0 Å². The second-order valence-electron chi connectivity index (χ2n) is 9.81. The molecule has 2 aliphatic rings. The van der Waals surface area contributed by atoms with Crippen molar-refractivity contribution in [2.24, 2.45) is 5.73 Å². The van der Waals surface area contributed by atoms with Gasteiger partial charge in [-0.05, 0) is 73.6 Å². The van der Waals surface area contributed by atoms with Gasteiger partial charge in [-0.3, -0.25) is 0 Å². The molecule has 0 atom stereocenters. The Kier molecular flexibility index (Phi) is 8.32. The van der Waals surface area contributed by atoms with Crippen LogP contribution in [0.4, 0.5) is 0 Å². The Morgan fingerprint density at radius 3 is 2.49 bits per heavy atom. The monoisotopic (exact) mass is 511 g/mol. The second-order valence-corrected chi connectivity index (χ2v) is 11.1. The summed E-state index contributed by atoms with van der Waals surface area (Å²) in [6, 6.07) is 21.3. The summed E-state index contributed by atoms with van der Waals surface area (Å²) in [4.78, 5) is 2.79. The maximum atomic E-state index is 6.89. The van der Waals surface area contributed by atoms with Crippen LogP contribution >= 0.6 is 11.3 Å². The minimum Gasteiger partial charge on any atom is -0.497 e. The van der Waals surface area contributed by atoms with Gasteiger partial charge >= 0.3 is 0 Å². The van der Waals surface area contributed by atoms with Crippen LogP contribution in [0.5, 0.6) is 5.75 Å². The van der Waals surface area contributed by atoms with Gasteiger partial charge in [0.05, 0.1) is 18.5 Å². The Bertz CT molecular complexity index is 1400. The zero-order valence-corrected chi connectivity index (χ0v) is 22.5. The minimum atomic E-state index is 0.721. The normalized spacial score (nSPS) is 20.0. The van der Waals surface area contributed by atoms with Crippen molar-refractivity contribution >= 4 is 23.1 Å². The molecule has 192 valence electrons. The van der Waals surface area contributed by atoms with E-state index in [9.17, 15) is 0 Å². The maximum absolute atomic E-state index is 6.89. The number of rotatable bonds is 9. The average Bonchev–Trinajstić information content (AvgIpc) is 3.38. The fourth-order valence-electron chi connectivity index (χ4n) is 5.11. The molecule has 4 nitrogen and oxygen atoms in total. The van der Waals surface area contributed by atoms with Gasteiger partial charge < -0.3 is 21.1 Å². The standard InChI is InChI=1S/C32H37N3OS/c1-36-26-16-14-24(15-17-26)21-34-30-13-7-11-25-10-5-6-12-29(25)32(31(30)33)35-22-28-19-18-27(37-28)20-23-8-3-2-4-9-23/h5-6,8,10-12,14-19,34-35H,2-4,7,9,13,20-22,33H2,1H3/b25-11-,31-30-,32-29+. The molecule has 0 unspecified atom stereocenters. The summed E-state index contributed by atoms with van der Waals surface area (Å²) in [5, 5.41) is 9.75. The summed E-state index contributed by atoms with van der Waals surface area (Å²) in [5.41, 5.74) is 12.6. The molecule has 2 aliphatic carbocycles. The number of thiophene rings is 1. The number of benzene rings is 2. The van der Waals surface area contributed by atoms with Gasteiger partial charge in [-0.15, -0.1) is 11.3 Å². The van der Waals surface area contributed by atoms with E-state index in [1.54, 1.807) is 12.7 Å². The van der Waals surface area contributed by atoms with E-state index in [2.05, 4.69) is 71.3 Å². The van der Waals surface area contributed by atoms with Crippen LogP contribution in [0.15, 0.2) is 83.7 Å². The lowest BCUT2D eigenvalue weighted by Gasteiger charge is -2.20. The molecule has 3 aromatic rings. The van der Waals surface area contributed by atoms with E-state index >= 15 is 0 Å². The number of fused-ring (bicyclic) bond motifs is 1. The molecule has 5 rings (SSSR count). The molecule has 0 radical (unpaired) electrons. The van der Waals surface area contributed by atoms with Gasteiger partial charge in [-0.25, -0.2) is 0 Å². The van der Waals surface area contributed by atoms with Crippen LogP contribution in [-0.2, 0) is 19.5 Å². The van der Waals surface area contributed by atoms with Crippen molar-refractivity contribution in [1.29, 1.82) is 0 Å². The first-order chi connectivity index (χ1) is 18.2. The quantitative estimate of drug-likeness (QED) is 0.344. The number of nitrogens with one attached hydrogen (secondary N) is 2. The smallest absolute Gasteiger partial charge is 0.118 e. The first-order valence-corrected chi connectivity index (χ1v) is 14.2. The van der Waals surface area contributed by atoms with E-state index in [-0.39, 0.29) is 0 Å². The number of hydrogen-bond acceptors (Lipinski definition) is 5. The zero-order chi connectivity index (χ0) is 25.5. The molecule has 0 amide bonds. The topological polar surface area (TPSA) is 59.3 Å². The third-order valence-corrected chi connectivity index (χ3v) is 8.28. The fourth-order valence-corrected chi connectivity index (χ4v) is 6.12. The van der Waals surface area contributed by atoms with E-state index < -0.39 is 0 Å². The van der Waals surface area contributed by atoms with E-state index in [4.69, 9.17) is 10.5 Å². The molecule has 0 aliphatic heterocycles. The number of hydrogen-bond donors (Lipinski definition) is 3. The molecule has 0 saturated carbocycles. The lowest BCUT2D eigenvalue weighted by atomic mass is 9.97. The van der Waals surface area contributed by atoms with Crippen LogP contribution in [0.1, 0.15) is 53.8 Å². The lowest BCUT2D eigenvalue weighted by molar-refractivity contribution is 0.414. The highest BCUT2D eigenvalue weighted by molar-refractivity contribution is 7.12. The van der Waals surface area contributed by atoms with Gasteiger partial charge in [-0.1, -0.05) is 54.1 Å². The van der Waals surface area contributed by atoms with Crippen molar-refractivity contribution in [1.82, 2.24) is 10.6 Å². The van der Waals surface area contributed by atoms with Gasteiger partial charge in [0.2, 0.25) is 0 Å². The molecule has 4 N–H and O–H groups in total. The van der Waals surface area contributed by atoms with Crippen molar-refractivity contribution in [3.05, 3.63) is 109 Å². The molecule has 0 fully saturated rings. The van der Waals surface area contributed by atoms with Gasteiger partial charge in [0.15, 0.2) is 0 Å². The van der Waals surface area contributed by atoms with Crippen LogP contribution in [0.2, 0.25) is 0 Å². The van der Waals surface area contributed by atoms with Crippen LogP contribution in [-0.4, -0.2) is 7.11 Å². The summed E-state index contributed by atoms with van der Waals surface area (Å²) in [5.74, 6) is 0.867. The summed E-state index contributed by atoms with van der Waals surface area (Å²) < 4.78 is 5.29. The van der Waals surface area contributed by atoms with E-state index in [1.807, 2.05) is 23.5 Å². The Balaban J connectivity index is 1.36. The highest BCUT2D eigenvalue weighted by Gasteiger charge is 2.14. The lowest BCUT2D eigenvalue weighted by Crippen LogP contribution is -2.36. The first kappa shape index (κ1) is 25.2. The zero-order valence-electron chi connectivity index (χ0n) is 21.7. The molecule has 0 saturated heterocycles. The number of ether oxygens (including phenoxy) is 1. The van der Waals surface area contributed by atoms with Gasteiger partial charge in [0.25, 0.3) is 0 Å². The molecule has 37 heavy (non-hydrogen) atoms. The van der Waals surface area contributed by atoms with E-state index in [0.717, 1.165) is 60.4 Å². The molecule has 2 aromatic carbocycles. The summed E-state index contributed by atoms with van der Waals surface area (Å²) in [7, 11) is 1.69. The molecule has 5 heteroatoms. The Morgan fingerprint density at radius 2 is 1.68 bits per heavy atom. The Labute approximate surface area is 224 Å². The van der Waals surface area contributed by atoms with Crippen LogP contribution in [0, 0.1) is 0 Å². The van der Waals surface area contributed by atoms with Gasteiger partial charge in [0, 0.05) is 40.2 Å². The Hall–Kier alpha value is -3.44. The molecular weight excluding hydrogens is 474 g/mol. The molecule has 1 heterocycles. The predicted octanol–water partition coefficient (Wildman–Crippen LogP) is 5.23. The van der Waals surface area contributed by atoms with Crippen molar-refractivity contribution in [2.45, 2.75) is 58.0 Å². The number of nitrogens with two attached hydrogens (primary N) is 1. The first-order valence-electron chi connectivity index (χ1n) is 13.3. The maximum Gasteiger partial charge on any atom is 0.118 e. The SMILES string of the molecule is COc1ccc(CN/C2=C(N)/C(NCc3ccc(CC4=CCCCC4)s3)=c3/cccc/c3=C/CC2)cc1. The van der Waals surface area contributed by atoms with Crippen LogP contribution < -0.4 is 31.5 Å². The van der Waals surface area contributed by atoms with Crippen LogP contribution in [0.25, 0.3) is 11.8 Å². The second kappa shape index (κ2) is 12.2.